The van der Waals surface area contributed by atoms with Crippen LogP contribution in [0.3, 0.4) is 0 Å². The van der Waals surface area contributed by atoms with Crippen molar-refractivity contribution in [3.05, 3.63) is 29.3 Å². The van der Waals surface area contributed by atoms with E-state index in [0.717, 1.165) is 43.0 Å². The van der Waals surface area contributed by atoms with Crippen molar-refractivity contribution in [3.63, 3.8) is 0 Å². The molecular formula is C15H20F3N3O. The number of nitrogens with zero attached hydrogens (tertiary/aromatic N) is 2. The van der Waals surface area contributed by atoms with Gasteiger partial charge in [0.05, 0.1) is 18.8 Å². The molecule has 2 aliphatic heterocycles. The minimum atomic E-state index is -4.57. The van der Waals surface area contributed by atoms with Crippen LogP contribution in [0.25, 0.3) is 0 Å². The van der Waals surface area contributed by atoms with Crippen molar-refractivity contribution in [2.75, 3.05) is 37.8 Å². The largest absolute Gasteiger partial charge is 0.522 e. The fourth-order valence-electron chi connectivity index (χ4n) is 2.93. The van der Waals surface area contributed by atoms with E-state index in [1.807, 2.05) is 24.1 Å². The molecule has 0 amide bonds. The first-order valence-electron chi connectivity index (χ1n) is 7.46. The van der Waals surface area contributed by atoms with Crippen LogP contribution < -0.4 is 10.3 Å². The monoisotopic (exact) mass is 315 g/mol. The molecule has 4 nitrogen and oxygen atoms in total. The van der Waals surface area contributed by atoms with Gasteiger partial charge in [0.25, 0.3) is 0 Å². The standard InChI is InChI=1S/C15H20F3N3O/c1-11-2-3-13-10-20(9-12-7-19-8-12)21(14(13)6-11)4-5-22-15(16,17)18/h2-3,6,12,19H,4-5,7-10H2,1H3. The average molecular weight is 315 g/mol. The Bertz CT molecular complexity index is 531. The van der Waals surface area contributed by atoms with Gasteiger partial charge in [-0.05, 0) is 30.0 Å². The maximum absolute atomic E-state index is 12.2. The van der Waals surface area contributed by atoms with Crippen LogP contribution in [-0.4, -0.2) is 44.2 Å². The maximum atomic E-state index is 12.2. The lowest BCUT2D eigenvalue weighted by atomic mass is 10.0. The highest BCUT2D eigenvalue weighted by Gasteiger charge is 2.33. The Kier molecular flexibility index (Phi) is 4.29. The SMILES string of the molecule is Cc1ccc2c(c1)N(CCOC(F)(F)F)N(CC1CNC1)C2. The smallest absolute Gasteiger partial charge is 0.316 e. The van der Waals surface area contributed by atoms with Crippen LogP contribution in [0.5, 0.6) is 0 Å². The fourth-order valence-corrected chi connectivity index (χ4v) is 2.93. The van der Waals surface area contributed by atoms with Crippen molar-refractivity contribution in [1.82, 2.24) is 10.3 Å². The van der Waals surface area contributed by atoms with Crippen LogP contribution >= 0.6 is 0 Å². The van der Waals surface area contributed by atoms with Gasteiger partial charge in [-0.3, -0.25) is 4.74 Å². The van der Waals surface area contributed by atoms with Crippen molar-refractivity contribution in [2.45, 2.75) is 19.8 Å². The minimum Gasteiger partial charge on any atom is -0.316 e. The number of ether oxygens (including phenoxy) is 1. The first-order chi connectivity index (χ1) is 10.4. The first kappa shape index (κ1) is 15.6. The summed E-state index contributed by atoms with van der Waals surface area (Å²) in [6, 6.07) is 6.13. The van der Waals surface area contributed by atoms with E-state index in [1.165, 1.54) is 0 Å². The molecule has 0 atom stereocenters. The number of anilines is 1. The molecule has 1 fully saturated rings. The Morgan fingerprint density at radius 2 is 2.09 bits per heavy atom. The molecule has 1 N–H and O–H groups in total. The van der Waals surface area contributed by atoms with E-state index in [2.05, 4.69) is 21.1 Å². The van der Waals surface area contributed by atoms with E-state index in [9.17, 15) is 13.2 Å². The number of benzene rings is 1. The molecule has 3 rings (SSSR count). The molecule has 0 aromatic heterocycles. The zero-order valence-corrected chi connectivity index (χ0v) is 12.5. The van der Waals surface area contributed by atoms with Gasteiger partial charge in [-0.25, -0.2) is 5.01 Å². The number of nitrogens with one attached hydrogen (secondary N) is 1. The van der Waals surface area contributed by atoms with Gasteiger partial charge >= 0.3 is 6.36 Å². The number of aryl methyl sites for hydroxylation is 1. The van der Waals surface area contributed by atoms with E-state index >= 15 is 0 Å². The van der Waals surface area contributed by atoms with Gasteiger partial charge in [-0.2, -0.15) is 0 Å². The Morgan fingerprint density at radius 1 is 1.32 bits per heavy atom. The van der Waals surface area contributed by atoms with Crippen LogP contribution in [0, 0.1) is 12.8 Å². The highest BCUT2D eigenvalue weighted by molar-refractivity contribution is 5.57. The zero-order chi connectivity index (χ0) is 15.7. The molecule has 2 heterocycles. The molecule has 0 spiro atoms. The van der Waals surface area contributed by atoms with Gasteiger partial charge in [-0.15, -0.1) is 13.2 Å². The quantitative estimate of drug-likeness (QED) is 0.902. The summed E-state index contributed by atoms with van der Waals surface area (Å²) in [5.74, 6) is 0.557. The summed E-state index contributed by atoms with van der Waals surface area (Å²) in [7, 11) is 0. The van der Waals surface area contributed by atoms with Crippen molar-refractivity contribution >= 4 is 5.69 Å². The molecule has 1 aromatic rings. The third-order valence-corrected chi connectivity index (χ3v) is 4.12. The number of rotatable bonds is 5. The van der Waals surface area contributed by atoms with Gasteiger partial charge < -0.3 is 10.3 Å². The highest BCUT2D eigenvalue weighted by Crippen LogP contribution is 2.33. The van der Waals surface area contributed by atoms with E-state index < -0.39 is 6.36 Å². The topological polar surface area (TPSA) is 27.7 Å². The average Bonchev–Trinajstić information content (AvgIpc) is 2.70. The van der Waals surface area contributed by atoms with Crippen LogP contribution in [0.1, 0.15) is 11.1 Å². The molecule has 122 valence electrons. The summed E-state index contributed by atoms with van der Waals surface area (Å²) in [5.41, 5.74) is 3.26. The summed E-state index contributed by atoms with van der Waals surface area (Å²) >= 11 is 0. The van der Waals surface area contributed by atoms with Gasteiger partial charge in [-0.1, -0.05) is 12.1 Å². The Morgan fingerprint density at radius 3 is 2.73 bits per heavy atom. The lowest BCUT2D eigenvalue weighted by molar-refractivity contribution is -0.323. The molecule has 7 heteroatoms. The van der Waals surface area contributed by atoms with E-state index in [0.29, 0.717) is 5.92 Å². The van der Waals surface area contributed by atoms with Gasteiger partial charge in [0.1, 0.15) is 0 Å². The van der Waals surface area contributed by atoms with Crippen LogP contribution in [0.15, 0.2) is 18.2 Å². The van der Waals surface area contributed by atoms with Crippen molar-refractivity contribution in [2.24, 2.45) is 5.92 Å². The van der Waals surface area contributed by atoms with Crippen molar-refractivity contribution < 1.29 is 17.9 Å². The third kappa shape index (κ3) is 3.53. The second kappa shape index (κ2) is 6.06. The van der Waals surface area contributed by atoms with Crippen LogP contribution in [-0.2, 0) is 11.3 Å². The maximum Gasteiger partial charge on any atom is 0.522 e. The normalized spacial score (nSPS) is 19.4. The van der Waals surface area contributed by atoms with Gasteiger partial charge in [0.2, 0.25) is 0 Å². The molecule has 0 radical (unpaired) electrons. The molecular weight excluding hydrogens is 295 g/mol. The number of fused-ring (bicyclic) bond motifs is 1. The predicted octanol–water partition coefficient (Wildman–Crippen LogP) is 2.29. The number of hydrazine groups is 1. The molecule has 0 bridgehead atoms. The predicted molar refractivity (Wildman–Crippen MR) is 77.3 cm³/mol. The molecule has 0 unspecified atom stereocenters. The summed E-state index contributed by atoms with van der Waals surface area (Å²) in [6.45, 7) is 5.37. The molecule has 0 saturated carbocycles. The number of halogens is 3. The number of hydrogen-bond acceptors (Lipinski definition) is 4. The van der Waals surface area contributed by atoms with E-state index in [-0.39, 0.29) is 13.2 Å². The number of hydrogen-bond donors (Lipinski definition) is 1. The number of alkyl halides is 3. The molecule has 2 aliphatic rings. The Hall–Kier alpha value is -1.31. The molecule has 1 saturated heterocycles. The van der Waals surface area contributed by atoms with Crippen LogP contribution in [0.2, 0.25) is 0 Å². The Balaban J connectivity index is 1.70. The first-order valence-corrected chi connectivity index (χ1v) is 7.46. The molecule has 22 heavy (non-hydrogen) atoms. The van der Waals surface area contributed by atoms with Crippen molar-refractivity contribution in [1.29, 1.82) is 0 Å². The van der Waals surface area contributed by atoms with E-state index in [4.69, 9.17) is 0 Å². The summed E-state index contributed by atoms with van der Waals surface area (Å²) in [6.07, 6.45) is -4.57. The van der Waals surface area contributed by atoms with Gasteiger partial charge in [0.15, 0.2) is 0 Å². The summed E-state index contributed by atoms with van der Waals surface area (Å²) in [4.78, 5) is 0. The second-order valence-electron chi connectivity index (χ2n) is 5.92. The fraction of sp³-hybridized carbons (Fsp3) is 0.600. The van der Waals surface area contributed by atoms with Gasteiger partial charge in [0, 0.05) is 26.2 Å². The minimum absolute atomic E-state index is 0.204. The highest BCUT2D eigenvalue weighted by atomic mass is 19.4. The molecule has 1 aromatic carbocycles. The zero-order valence-electron chi connectivity index (χ0n) is 12.5. The van der Waals surface area contributed by atoms with E-state index in [1.54, 1.807) is 0 Å². The lowest BCUT2D eigenvalue weighted by Crippen LogP contribution is -2.51. The Labute approximate surface area is 127 Å². The molecule has 0 aliphatic carbocycles. The van der Waals surface area contributed by atoms with Crippen LogP contribution in [0.4, 0.5) is 18.9 Å². The second-order valence-corrected chi connectivity index (χ2v) is 5.92. The summed E-state index contributed by atoms with van der Waals surface area (Å²) < 4.78 is 40.5. The van der Waals surface area contributed by atoms with Crippen molar-refractivity contribution in [3.8, 4) is 0 Å². The summed E-state index contributed by atoms with van der Waals surface area (Å²) in [5, 5.41) is 7.30. The lowest BCUT2D eigenvalue weighted by Gasteiger charge is -2.36. The third-order valence-electron chi connectivity index (χ3n) is 4.12.